The molecule has 1 aliphatic carbocycles. The van der Waals surface area contributed by atoms with Gasteiger partial charge in [0.25, 0.3) is 0 Å². The first-order valence-electron chi connectivity index (χ1n) is 5.95. The molecule has 16 heavy (non-hydrogen) atoms. The van der Waals surface area contributed by atoms with Crippen LogP contribution in [0.2, 0.25) is 5.02 Å². The molecule has 2 unspecified atom stereocenters. The molecule has 0 bridgehead atoms. The molecular formula is C13H20ClNS. The van der Waals surface area contributed by atoms with Crippen LogP contribution in [-0.2, 0) is 0 Å². The monoisotopic (exact) mass is 257 g/mol. The van der Waals surface area contributed by atoms with Gasteiger partial charge in [0.05, 0.1) is 5.02 Å². The molecular weight excluding hydrogens is 238 g/mol. The van der Waals surface area contributed by atoms with Gasteiger partial charge in [0, 0.05) is 10.4 Å². The van der Waals surface area contributed by atoms with E-state index in [1.165, 1.54) is 17.7 Å². The fourth-order valence-corrected chi connectivity index (χ4v) is 3.59. The molecule has 1 fully saturated rings. The number of hydrogen-bond acceptors (Lipinski definition) is 2. The third-order valence-corrected chi connectivity index (χ3v) is 4.78. The maximum atomic E-state index is 6.19. The SMILES string of the molecule is CC(C)(C)NCC1CCC1c1sccc1Cl. The highest BCUT2D eigenvalue weighted by Crippen LogP contribution is 2.46. The summed E-state index contributed by atoms with van der Waals surface area (Å²) in [5.41, 5.74) is 0.222. The van der Waals surface area contributed by atoms with E-state index in [0.29, 0.717) is 5.92 Å². The van der Waals surface area contributed by atoms with Gasteiger partial charge in [-0.15, -0.1) is 11.3 Å². The van der Waals surface area contributed by atoms with Gasteiger partial charge in [0.1, 0.15) is 0 Å². The lowest BCUT2D eigenvalue weighted by atomic mass is 9.72. The molecule has 3 heteroatoms. The van der Waals surface area contributed by atoms with Crippen LogP contribution < -0.4 is 5.32 Å². The fraction of sp³-hybridized carbons (Fsp3) is 0.692. The van der Waals surface area contributed by atoms with E-state index in [1.54, 1.807) is 0 Å². The summed E-state index contributed by atoms with van der Waals surface area (Å²) in [7, 11) is 0. The summed E-state index contributed by atoms with van der Waals surface area (Å²) >= 11 is 8.00. The molecule has 90 valence electrons. The van der Waals surface area contributed by atoms with Gasteiger partial charge in [-0.05, 0) is 63.4 Å². The van der Waals surface area contributed by atoms with Crippen LogP contribution >= 0.6 is 22.9 Å². The Balaban J connectivity index is 1.92. The van der Waals surface area contributed by atoms with Gasteiger partial charge in [0.2, 0.25) is 0 Å². The van der Waals surface area contributed by atoms with Crippen LogP contribution in [0.1, 0.15) is 44.4 Å². The number of halogens is 1. The quantitative estimate of drug-likeness (QED) is 0.852. The van der Waals surface area contributed by atoms with Crippen LogP contribution in [0.3, 0.4) is 0 Å². The summed E-state index contributed by atoms with van der Waals surface area (Å²) in [6.45, 7) is 7.78. The molecule has 0 saturated heterocycles. The molecule has 2 atom stereocenters. The molecule has 0 aliphatic heterocycles. The molecule has 0 amide bonds. The molecule has 1 aliphatic rings. The van der Waals surface area contributed by atoms with E-state index in [4.69, 9.17) is 11.6 Å². The van der Waals surface area contributed by atoms with Crippen molar-refractivity contribution in [3.8, 4) is 0 Å². The van der Waals surface area contributed by atoms with E-state index >= 15 is 0 Å². The lowest BCUT2D eigenvalue weighted by Crippen LogP contribution is -2.42. The van der Waals surface area contributed by atoms with E-state index in [-0.39, 0.29) is 5.54 Å². The van der Waals surface area contributed by atoms with Crippen molar-refractivity contribution in [2.24, 2.45) is 5.92 Å². The molecule has 1 heterocycles. The average Bonchev–Trinajstić information content (AvgIpc) is 2.48. The van der Waals surface area contributed by atoms with Crippen molar-refractivity contribution < 1.29 is 0 Å². The lowest BCUT2D eigenvalue weighted by molar-refractivity contribution is 0.228. The summed E-state index contributed by atoms with van der Waals surface area (Å²) in [6.07, 6.45) is 2.64. The Morgan fingerprint density at radius 2 is 2.19 bits per heavy atom. The highest BCUT2D eigenvalue weighted by molar-refractivity contribution is 7.10. The molecule has 0 radical (unpaired) electrons. The van der Waals surface area contributed by atoms with Crippen molar-refractivity contribution in [1.29, 1.82) is 0 Å². The molecule has 0 spiro atoms. The summed E-state index contributed by atoms with van der Waals surface area (Å²) < 4.78 is 0. The molecule has 2 rings (SSSR count). The first kappa shape index (κ1) is 12.4. The number of thiophene rings is 1. The fourth-order valence-electron chi connectivity index (χ4n) is 2.17. The first-order valence-corrected chi connectivity index (χ1v) is 7.21. The van der Waals surface area contributed by atoms with Crippen molar-refractivity contribution in [2.75, 3.05) is 6.54 Å². The van der Waals surface area contributed by atoms with Gasteiger partial charge in [-0.1, -0.05) is 11.6 Å². The van der Waals surface area contributed by atoms with Crippen LogP contribution in [0, 0.1) is 5.92 Å². The minimum Gasteiger partial charge on any atom is -0.312 e. The van der Waals surface area contributed by atoms with Crippen LogP contribution in [0.25, 0.3) is 0 Å². The maximum absolute atomic E-state index is 6.19. The first-order chi connectivity index (χ1) is 7.47. The van der Waals surface area contributed by atoms with Crippen molar-refractivity contribution in [2.45, 2.75) is 45.1 Å². The second-order valence-electron chi connectivity index (χ2n) is 5.71. The van der Waals surface area contributed by atoms with E-state index in [1.807, 2.05) is 17.4 Å². The van der Waals surface area contributed by atoms with E-state index in [0.717, 1.165) is 17.5 Å². The third-order valence-electron chi connectivity index (χ3n) is 3.29. The minimum atomic E-state index is 0.222. The number of rotatable bonds is 3. The molecule has 0 aromatic carbocycles. The zero-order valence-corrected chi connectivity index (χ0v) is 11.8. The van der Waals surface area contributed by atoms with E-state index < -0.39 is 0 Å². The molecule has 1 aromatic rings. The van der Waals surface area contributed by atoms with Crippen molar-refractivity contribution >= 4 is 22.9 Å². The Morgan fingerprint density at radius 1 is 1.44 bits per heavy atom. The van der Waals surface area contributed by atoms with Gasteiger partial charge in [-0.2, -0.15) is 0 Å². The van der Waals surface area contributed by atoms with E-state index in [9.17, 15) is 0 Å². The summed E-state index contributed by atoms with van der Waals surface area (Å²) in [5, 5.41) is 6.67. The summed E-state index contributed by atoms with van der Waals surface area (Å²) in [6, 6.07) is 2.02. The zero-order valence-electron chi connectivity index (χ0n) is 10.2. The van der Waals surface area contributed by atoms with Gasteiger partial charge in [-0.3, -0.25) is 0 Å². The average molecular weight is 258 g/mol. The Bertz CT molecular complexity index is 353. The standard InChI is InChI=1S/C13H20ClNS/c1-13(2,3)15-8-9-4-5-10(9)12-11(14)6-7-16-12/h6-7,9-10,15H,4-5,8H2,1-3H3. The van der Waals surface area contributed by atoms with Crippen LogP contribution in [0.4, 0.5) is 0 Å². The third kappa shape index (κ3) is 2.79. The second kappa shape index (κ2) is 4.67. The van der Waals surface area contributed by atoms with Crippen LogP contribution in [-0.4, -0.2) is 12.1 Å². The second-order valence-corrected chi connectivity index (χ2v) is 7.06. The van der Waals surface area contributed by atoms with Gasteiger partial charge in [-0.25, -0.2) is 0 Å². The number of nitrogens with one attached hydrogen (secondary N) is 1. The predicted molar refractivity (Wildman–Crippen MR) is 72.5 cm³/mol. The Kier molecular flexibility index (Phi) is 3.62. The van der Waals surface area contributed by atoms with Crippen molar-refractivity contribution in [3.63, 3.8) is 0 Å². The van der Waals surface area contributed by atoms with Gasteiger partial charge in [0.15, 0.2) is 0 Å². The summed E-state index contributed by atoms with van der Waals surface area (Å²) in [4.78, 5) is 1.40. The minimum absolute atomic E-state index is 0.222. The van der Waals surface area contributed by atoms with Gasteiger partial charge < -0.3 is 5.32 Å². The maximum Gasteiger partial charge on any atom is 0.0547 e. The predicted octanol–water partition coefficient (Wildman–Crippen LogP) is 4.28. The molecule has 1 saturated carbocycles. The lowest BCUT2D eigenvalue weighted by Gasteiger charge is -2.38. The smallest absolute Gasteiger partial charge is 0.0547 e. The van der Waals surface area contributed by atoms with Crippen LogP contribution in [0.5, 0.6) is 0 Å². The van der Waals surface area contributed by atoms with E-state index in [2.05, 4.69) is 31.5 Å². The molecule has 1 aromatic heterocycles. The topological polar surface area (TPSA) is 12.0 Å². The molecule has 1 nitrogen and oxygen atoms in total. The highest BCUT2D eigenvalue weighted by Gasteiger charge is 2.34. The Hall–Kier alpha value is -0.0500. The van der Waals surface area contributed by atoms with Gasteiger partial charge >= 0.3 is 0 Å². The summed E-state index contributed by atoms with van der Waals surface area (Å²) in [5.74, 6) is 1.47. The number of hydrogen-bond donors (Lipinski definition) is 1. The normalized spacial score (nSPS) is 25.5. The largest absolute Gasteiger partial charge is 0.312 e. The highest BCUT2D eigenvalue weighted by atomic mass is 35.5. The Morgan fingerprint density at radius 3 is 2.62 bits per heavy atom. The molecule has 1 N–H and O–H groups in total. The zero-order chi connectivity index (χ0) is 11.8. The van der Waals surface area contributed by atoms with Crippen molar-refractivity contribution in [3.05, 3.63) is 21.3 Å². The Labute approximate surface area is 107 Å². The van der Waals surface area contributed by atoms with Crippen molar-refractivity contribution in [1.82, 2.24) is 5.32 Å². The van der Waals surface area contributed by atoms with Crippen LogP contribution in [0.15, 0.2) is 11.4 Å².